The second-order valence-electron chi connectivity index (χ2n) is 3.13. The zero-order valence-corrected chi connectivity index (χ0v) is 10.6. The van der Waals surface area contributed by atoms with Crippen molar-refractivity contribution in [1.82, 2.24) is 5.32 Å². The fourth-order valence-electron chi connectivity index (χ4n) is 1.14. The predicted molar refractivity (Wildman–Crippen MR) is 62.8 cm³/mol. The molecule has 0 radical (unpaired) electrons. The van der Waals surface area contributed by atoms with Crippen molar-refractivity contribution in [2.75, 3.05) is 20.3 Å². The average molecular weight is 277 g/mol. The van der Waals surface area contributed by atoms with Gasteiger partial charge in [-0.1, -0.05) is 11.6 Å². The second-order valence-corrected chi connectivity index (χ2v) is 4.45. The van der Waals surface area contributed by atoms with Crippen LogP contribution in [-0.2, 0) is 15.8 Å². The molecule has 1 atom stereocenters. The van der Waals surface area contributed by atoms with Gasteiger partial charge in [-0.3, -0.25) is 9.00 Å². The Morgan fingerprint density at radius 1 is 1.59 bits per heavy atom. The molecule has 1 amide bonds. The van der Waals surface area contributed by atoms with Crippen LogP contribution < -0.4 is 5.32 Å². The molecule has 17 heavy (non-hydrogen) atoms. The van der Waals surface area contributed by atoms with Gasteiger partial charge >= 0.3 is 0 Å². The minimum Gasteiger partial charge on any atom is -0.768 e. The maximum atomic E-state index is 11.6. The summed E-state index contributed by atoms with van der Waals surface area (Å²) in [6.45, 7) is 0.743. The van der Waals surface area contributed by atoms with E-state index >= 15 is 0 Å². The summed E-state index contributed by atoms with van der Waals surface area (Å²) in [5.41, 5.74) is 0.240. The topological polar surface area (TPSA) is 78.5 Å². The van der Waals surface area contributed by atoms with Gasteiger partial charge in [0.2, 0.25) is 0 Å². The lowest BCUT2D eigenvalue weighted by Gasteiger charge is -2.10. The van der Waals surface area contributed by atoms with E-state index in [2.05, 4.69) is 5.32 Å². The van der Waals surface area contributed by atoms with Crippen molar-refractivity contribution < 1.29 is 18.3 Å². The van der Waals surface area contributed by atoms with E-state index in [0.717, 1.165) is 0 Å². The van der Waals surface area contributed by atoms with Crippen LogP contribution in [0.3, 0.4) is 0 Å². The predicted octanol–water partition coefficient (Wildman–Crippen LogP) is 0.954. The van der Waals surface area contributed by atoms with Crippen LogP contribution in [-0.4, -0.2) is 34.9 Å². The normalized spacial score (nSPS) is 12.2. The molecule has 0 fully saturated rings. The van der Waals surface area contributed by atoms with Crippen LogP contribution in [0.25, 0.3) is 0 Å². The smallest absolute Gasteiger partial charge is 0.251 e. The fraction of sp³-hybridized carbons (Fsp3) is 0.300. The summed E-state index contributed by atoms with van der Waals surface area (Å²) >= 11 is 3.22. The third-order valence-corrected chi connectivity index (χ3v) is 3.10. The van der Waals surface area contributed by atoms with E-state index in [1.165, 1.54) is 25.3 Å². The monoisotopic (exact) mass is 276 g/mol. The summed E-state index contributed by atoms with van der Waals surface area (Å²) in [5.74, 6) is -0.370. The summed E-state index contributed by atoms with van der Waals surface area (Å²) in [6, 6.07) is 4.06. The van der Waals surface area contributed by atoms with Gasteiger partial charge in [0.1, 0.15) is 0 Å². The lowest BCUT2D eigenvalue weighted by molar-refractivity contribution is 0.0937. The highest BCUT2D eigenvalue weighted by atomic mass is 35.5. The zero-order valence-electron chi connectivity index (χ0n) is 9.07. The SMILES string of the molecule is COCCNC(=O)c1ccc(Cl)c(S(=O)[O-])c1. The molecule has 94 valence electrons. The number of benzene rings is 1. The standard InChI is InChI=1S/C10H12ClNO4S/c1-16-5-4-12-10(13)7-2-3-8(11)9(6-7)17(14)15/h2-3,6H,4-5H2,1H3,(H,12,13)(H,14,15)/p-1. The Morgan fingerprint density at radius 2 is 2.29 bits per heavy atom. The van der Waals surface area contributed by atoms with Crippen molar-refractivity contribution in [3.05, 3.63) is 28.8 Å². The van der Waals surface area contributed by atoms with Crippen LogP contribution in [0.5, 0.6) is 0 Å². The summed E-state index contributed by atoms with van der Waals surface area (Å²) in [7, 11) is 1.52. The fourth-order valence-corrected chi connectivity index (χ4v) is 1.90. The van der Waals surface area contributed by atoms with Gasteiger partial charge in [0, 0.05) is 24.1 Å². The van der Waals surface area contributed by atoms with Crippen molar-refractivity contribution in [3.8, 4) is 0 Å². The molecule has 0 aliphatic heterocycles. The molecule has 5 nitrogen and oxygen atoms in total. The quantitative estimate of drug-likeness (QED) is 0.642. The van der Waals surface area contributed by atoms with Crippen molar-refractivity contribution in [2.24, 2.45) is 0 Å². The number of rotatable bonds is 5. The maximum Gasteiger partial charge on any atom is 0.251 e. The molecular weight excluding hydrogens is 266 g/mol. The first-order chi connectivity index (χ1) is 8.06. The molecular formula is C10H11ClNO4S-. The molecule has 1 unspecified atom stereocenters. The Morgan fingerprint density at radius 3 is 2.88 bits per heavy atom. The number of nitrogens with one attached hydrogen (secondary N) is 1. The first-order valence-electron chi connectivity index (χ1n) is 4.72. The van der Waals surface area contributed by atoms with Crippen molar-refractivity contribution >= 4 is 28.6 Å². The largest absolute Gasteiger partial charge is 0.768 e. The number of amides is 1. The number of methoxy groups -OCH3 is 1. The van der Waals surface area contributed by atoms with Gasteiger partial charge in [-0.25, -0.2) is 0 Å². The van der Waals surface area contributed by atoms with E-state index in [0.29, 0.717) is 13.2 Å². The van der Waals surface area contributed by atoms with E-state index in [4.69, 9.17) is 16.3 Å². The highest BCUT2D eigenvalue weighted by molar-refractivity contribution is 7.79. The van der Waals surface area contributed by atoms with Crippen molar-refractivity contribution in [3.63, 3.8) is 0 Å². The summed E-state index contributed by atoms with van der Waals surface area (Å²) in [4.78, 5) is 11.5. The molecule has 0 aliphatic carbocycles. The molecule has 0 bridgehead atoms. The van der Waals surface area contributed by atoms with E-state index in [-0.39, 0.29) is 21.4 Å². The molecule has 1 aromatic rings. The van der Waals surface area contributed by atoms with Crippen molar-refractivity contribution in [1.29, 1.82) is 0 Å². The van der Waals surface area contributed by atoms with Gasteiger partial charge in [-0.15, -0.1) is 0 Å². The van der Waals surface area contributed by atoms with E-state index in [1.807, 2.05) is 0 Å². The molecule has 1 aromatic carbocycles. The number of carbonyl (C=O) groups excluding carboxylic acids is 1. The Hall–Kier alpha value is -0.950. The number of hydrogen-bond acceptors (Lipinski definition) is 4. The molecule has 0 spiro atoms. The number of ether oxygens (including phenoxy) is 1. The van der Waals surface area contributed by atoms with Gasteiger partial charge < -0.3 is 14.6 Å². The Bertz CT molecular complexity index is 438. The van der Waals surface area contributed by atoms with Gasteiger partial charge in [-0.2, -0.15) is 0 Å². The zero-order chi connectivity index (χ0) is 12.8. The Labute approximate surface area is 106 Å². The minimum atomic E-state index is -2.46. The number of halogens is 1. The first-order valence-corrected chi connectivity index (χ1v) is 6.17. The Balaban J connectivity index is 2.81. The second kappa shape index (κ2) is 6.70. The molecule has 0 aliphatic rings. The third kappa shape index (κ3) is 4.08. The van der Waals surface area contributed by atoms with Crippen LogP contribution >= 0.6 is 11.6 Å². The lowest BCUT2D eigenvalue weighted by atomic mass is 10.2. The van der Waals surface area contributed by atoms with Crippen LogP contribution in [0.1, 0.15) is 10.4 Å². The highest BCUT2D eigenvalue weighted by Crippen LogP contribution is 2.20. The molecule has 1 N–H and O–H groups in total. The summed E-state index contributed by atoms with van der Waals surface area (Å²) < 4.78 is 26.4. The van der Waals surface area contributed by atoms with Gasteiger partial charge in [0.15, 0.2) is 0 Å². The van der Waals surface area contributed by atoms with Gasteiger partial charge in [0.05, 0.1) is 11.6 Å². The first kappa shape index (κ1) is 14.1. The molecule has 0 saturated carbocycles. The summed E-state index contributed by atoms with van der Waals surface area (Å²) in [5, 5.41) is 2.67. The van der Waals surface area contributed by atoms with Crippen LogP contribution in [0.4, 0.5) is 0 Å². The minimum absolute atomic E-state index is 0.0896. The Kier molecular flexibility index (Phi) is 5.57. The van der Waals surface area contributed by atoms with Crippen LogP contribution in [0, 0.1) is 0 Å². The number of carbonyl (C=O) groups is 1. The van der Waals surface area contributed by atoms with E-state index < -0.39 is 11.1 Å². The highest BCUT2D eigenvalue weighted by Gasteiger charge is 2.08. The molecule has 7 heteroatoms. The number of hydrogen-bond donors (Lipinski definition) is 1. The average Bonchev–Trinajstić information content (AvgIpc) is 2.29. The van der Waals surface area contributed by atoms with Crippen LogP contribution in [0.15, 0.2) is 23.1 Å². The molecule has 0 heterocycles. The van der Waals surface area contributed by atoms with Crippen molar-refractivity contribution in [2.45, 2.75) is 4.90 Å². The summed E-state index contributed by atoms with van der Waals surface area (Å²) in [6.07, 6.45) is 0. The van der Waals surface area contributed by atoms with E-state index in [1.54, 1.807) is 0 Å². The molecule has 0 aromatic heterocycles. The lowest BCUT2D eigenvalue weighted by Crippen LogP contribution is -2.27. The molecule has 0 saturated heterocycles. The third-order valence-electron chi connectivity index (χ3n) is 1.96. The molecule has 1 rings (SSSR count). The van der Waals surface area contributed by atoms with Gasteiger partial charge in [0.25, 0.3) is 5.91 Å². The van der Waals surface area contributed by atoms with E-state index in [9.17, 15) is 13.6 Å². The van der Waals surface area contributed by atoms with Crippen LogP contribution in [0.2, 0.25) is 5.02 Å². The maximum absolute atomic E-state index is 11.6. The van der Waals surface area contributed by atoms with Gasteiger partial charge in [-0.05, 0) is 29.3 Å².